The van der Waals surface area contributed by atoms with Gasteiger partial charge in [0.1, 0.15) is 5.54 Å². The van der Waals surface area contributed by atoms with E-state index in [-0.39, 0.29) is 5.97 Å². The fourth-order valence-electron chi connectivity index (χ4n) is 3.74. The summed E-state index contributed by atoms with van der Waals surface area (Å²) in [6.45, 7) is 12.8. The Morgan fingerprint density at radius 3 is 2.33 bits per heavy atom. The van der Waals surface area contributed by atoms with Gasteiger partial charge in [-0.1, -0.05) is 27.7 Å². The van der Waals surface area contributed by atoms with E-state index < -0.39 is 5.54 Å². The summed E-state index contributed by atoms with van der Waals surface area (Å²) < 4.78 is 5.15. The van der Waals surface area contributed by atoms with E-state index in [4.69, 9.17) is 4.74 Å². The lowest BCUT2D eigenvalue weighted by atomic mass is 9.80. The second-order valence-corrected chi connectivity index (χ2v) is 7.85. The van der Waals surface area contributed by atoms with Gasteiger partial charge in [-0.3, -0.25) is 0 Å². The Bertz CT molecular complexity index is 373. The average molecular weight is 296 g/mol. The highest BCUT2D eigenvalue weighted by Gasteiger charge is 2.52. The van der Waals surface area contributed by atoms with Crippen LogP contribution in [0.15, 0.2) is 0 Å². The summed E-state index contributed by atoms with van der Waals surface area (Å²) in [6, 6.07) is 0. The van der Waals surface area contributed by atoms with Crippen molar-refractivity contribution in [1.29, 1.82) is 0 Å². The van der Waals surface area contributed by atoms with Crippen LogP contribution in [-0.4, -0.2) is 49.7 Å². The molecule has 2 rings (SSSR count). The minimum Gasteiger partial charge on any atom is -0.468 e. The van der Waals surface area contributed by atoms with Crippen LogP contribution in [-0.2, 0) is 9.53 Å². The predicted molar refractivity (Wildman–Crippen MR) is 85.1 cm³/mol. The molecule has 2 atom stereocenters. The Morgan fingerprint density at radius 1 is 1.24 bits per heavy atom. The number of carbonyl (C=O) groups excluding carboxylic acids is 1. The largest absolute Gasteiger partial charge is 0.468 e. The smallest absolute Gasteiger partial charge is 0.327 e. The van der Waals surface area contributed by atoms with Crippen LogP contribution in [0.3, 0.4) is 0 Å². The third-order valence-electron chi connectivity index (χ3n) is 5.29. The third kappa shape index (κ3) is 3.59. The molecule has 0 aromatic carbocycles. The Balaban J connectivity index is 2.07. The summed E-state index contributed by atoms with van der Waals surface area (Å²) in [5, 5.41) is 3.47. The van der Waals surface area contributed by atoms with Crippen molar-refractivity contribution < 1.29 is 9.53 Å². The number of likely N-dealkylation sites (N-methyl/N-ethyl adjacent to an activating group) is 1. The molecule has 1 heterocycles. The van der Waals surface area contributed by atoms with Crippen molar-refractivity contribution in [1.82, 2.24) is 10.2 Å². The molecule has 0 bridgehead atoms. The van der Waals surface area contributed by atoms with Gasteiger partial charge in [0.15, 0.2) is 0 Å². The fourth-order valence-corrected chi connectivity index (χ4v) is 3.74. The first-order valence-corrected chi connectivity index (χ1v) is 8.39. The maximum atomic E-state index is 12.5. The fraction of sp³-hybridized carbons (Fsp3) is 0.941. The summed E-state index contributed by atoms with van der Waals surface area (Å²) in [5.41, 5.74) is -0.142. The van der Waals surface area contributed by atoms with Crippen molar-refractivity contribution in [2.24, 2.45) is 17.3 Å². The second kappa shape index (κ2) is 6.25. The highest BCUT2D eigenvalue weighted by molar-refractivity contribution is 5.82. The van der Waals surface area contributed by atoms with Crippen LogP contribution in [0.2, 0.25) is 0 Å². The van der Waals surface area contributed by atoms with E-state index in [9.17, 15) is 4.79 Å². The number of hydrogen-bond acceptors (Lipinski definition) is 4. The maximum Gasteiger partial charge on any atom is 0.327 e. The normalized spacial score (nSPS) is 26.6. The number of nitrogens with zero attached hydrogens (tertiary/aromatic N) is 1. The second-order valence-electron chi connectivity index (χ2n) is 7.85. The zero-order valence-electron chi connectivity index (χ0n) is 14.4. The Kier molecular flexibility index (Phi) is 4.99. The van der Waals surface area contributed by atoms with E-state index in [1.165, 1.54) is 13.5 Å². The summed E-state index contributed by atoms with van der Waals surface area (Å²) in [4.78, 5) is 14.9. The van der Waals surface area contributed by atoms with Crippen molar-refractivity contribution in [3.05, 3.63) is 0 Å². The number of nitrogens with one attached hydrogen (secondary N) is 1. The zero-order chi connectivity index (χ0) is 15.7. The van der Waals surface area contributed by atoms with E-state index in [1.807, 2.05) is 0 Å². The monoisotopic (exact) mass is 296 g/mol. The van der Waals surface area contributed by atoms with Crippen LogP contribution in [0.5, 0.6) is 0 Å². The third-order valence-corrected chi connectivity index (χ3v) is 5.29. The first-order chi connectivity index (χ1) is 9.83. The van der Waals surface area contributed by atoms with E-state index in [0.717, 1.165) is 39.0 Å². The van der Waals surface area contributed by atoms with Gasteiger partial charge in [0.2, 0.25) is 0 Å². The molecule has 0 aromatic heterocycles. The first-order valence-electron chi connectivity index (χ1n) is 8.39. The number of likely N-dealkylation sites (tertiary alicyclic amines) is 1. The van der Waals surface area contributed by atoms with Crippen LogP contribution in [0, 0.1) is 17.3 Å². The molecule has 1 saturated heterocycles. The van der Waals surface area contributed by atoms with Gasteiger partial charge in [0, 0.05) is 13.1 Å². The van der Waals surface area contributed by atoms with Crippen molar-refractivity contribution in [2.45, 2.75) is 52.5 Å². The molecule has 1 N–H and O–H groups in total. The molecule has 4 nitrogen and oxygen atoms in total. The van der Waals surface area contributed by atoms with E-state index in [0.29, 0.717) is 17.3 Å². The Morgan fingerprint density at radius 2 is 1.90 bits per heavy atom. The molecule has 1 aliphatic carbocycles. The van der Waals surface area contributed by atoms with Gasteiger partial charge in [-0.25, -0.2) is 4.79 Å². The number of esters is 1. The van der Waals surface area contributed by atoms with Crippen LogP contribution in [0.25, 0.3) is 0 Å². The number of rotatable bonds is 6. The molecule has 0 amide bonds. The average Bonchev–Trinajstić information content (AvgIpc) is 3.16. The van der Waals surface area contributed by atoms with Crippen LogP contribution >= 0.6 is 0 Å². The van der Waals surface area contributed by atoms with E-state index >= 15 is 0 Å². The molecule has 4 heteroatoms. The van der Waals surface area contributed by atoms with Gasteiger partial charge in [-0.05, 0) is 49.6 Å². The van der Waals surface area contributed by atoms with E-state index in [1.54, 1.807) is 0 Å². The van der Waals surface area contributed by atoms with Crippen LogP contribution in [0.4, 0.5) is 0 Å². The summed E-state index contributed by atoms with van der Waals surface area (Å²) in [6.07, 6.45) is 3.51. The van der Waals surface area contributed by atoms with Crippen molar-refractivity contribution in [2.75, 3.05) is 33.3 Å². The maximum absolute atomic E-state index is 12.5. The molecule has 0 aromatic rings. The van der Waals surface area contributed by atoms with Gasteiger partial charge < -0.3 is 15.0 Å². The highest BCUT2D eigenvalue weighted by atomic mass is 16.5. The molecule has 21 heavy (non-hydrogen) atoms. The molecule has 0 radical (unpaired) electrons. The standard InChI is InChI=1S/C17H32N2O2/c1-6-18-17(13-7-8-13,15(20)21-5)12-19-10-9-14(11-19)16(2,3)4/h13-14,18H,6-12H2,1-5H3. The predicted octanol–water partition coefficient (Wildman–Crippen LogP) is 2.29. The highest BCUT2D eigenvalue weighted by Crippen LogP contribution is 2.42. The molecule has 2 fully saturated rings. The van der Waals surface area contributed by atoms with Gasteiger partial charge in [-0.15, -0.1) is 0 Å². The molecule has 1 saturated carbocycles. The molecular formula is C17H32N2O2. The molecule has 1 aliphatic heterocycles. The van der Waals surface area contributed by atoms with E-state index in [2.05, 4.69) is 37.9 Å². The Hall–Kier alpha value is -0.610. The molecule has 2 aliphatic rings. The number of carbonyl (C=O) groups is 1. The van der Waals surface area contributed by atoms with Gasteiger partial charge >= 0.3 is 5.97 Å². The number of methoxy groups -OCH3 is 1. The Labute approximate surface area is 129 Å². The summed E-state index contributed by atoms with van der Waals surface area (Å²) in [7, 11) is 1.51. The zero-order valence-corrected chi connectivity index (χ0v) is 14.4. The first kappa shape index (κ1) is 16.8. The summed E-state index contributed by atoms with van der Waals surface area (Å²) >= 11 is 0. The van der Waals surface area contributed by atoms with Crippen molar-refractivity contribution in [3.8, 4) is 0 Å². The lowest BCUT2D eigenvalue weighted by molar-refractivity contribution is -0.150. The molecule has 122 valence electrons. The van der Waals surface area contributed by atoms with Crippen molar-refractivity contribution >= 4 is 5.97 Å². The number of hydrogen-bond donors (Lipinski definition) is 1. The molecule has 0 spiro atoms. The molecular weight excluding hydrogens is 264 g/mol. The summed E-state index contributed by atoms with van der Waals surface area (Å²) in [5.74, 6) is 1.08. The quantitative estimate of drug-likeness (QED) is 0.764. The minimum atomic E-state index is -0.490. The van der Waals surface area contributed by atoms with Crippen molar-refractivity contribution in [3.63, 3.8) is 0 Å². The van der Waals surface area contributed by atoms with Crippen LogP contribution in [0.1, 0.15) is 47.0 Å². The minimum absolute atomic E-state index is 0.0777. The lowest BCUT2D eigenvalue weighted by Gasteiger charge is -2.36. The van der Waals surface area contributed by atoms with Gasteiger partial charge in [0.05, 0.1) is 7.11 Å². The molecule has 2 unspecified atom stereocenters. The SMILES string of the molecule is CCNC(CN1CCC(C(C)(C)C)C1)(C(=O)OC)C1CC1. The van der Waals surface area contributed by atoms with Gasteiger partial charge in [-0.2, -0.15) is 0 Å². The van der Waals surface area contributed by atoms with Gasteiger partial charge in [0.25, 0.3) is 0 Å². The lowest BCUT2D eigenvalue weighted by Crippen LogP contribution is -2.61. The number of ether oxygens (including phenoxy) is 1. The topological polar surface area (TPSA) is 41.6 Å². The van der Waals surface area contributed by atoms with Crippen LogP contribution < -0.4 is 5.32 Å².